The summed E-state index contributed by atoms with van der Waals surface area (Å²) in [4.78, 5) is 17.1. The van der Waals surface area contributed by atoms with Gasteiger partial charge >= 0.3 is 0 Å². The van der Waals surface area contributed by atoms with Crippen molar-refractivity contribution in [2.75, 3.05) is 0 Å². The van der Waals surface area contributed by atoms with E-state index in [0.29, 0.717) is 17.2 Å². The molecule has 3 atom stereocenters. The minimum absolute atomic E-state index is 0.118. The molecule has 1 saturated carbocycles. The average molecular weight is 324 g/mol. The summed E-state index contributed by atoms with van der Waals surface area (Å²) < 4.78 is 5.63. The fraction of sp³-hybridized carbons (Fsp3) is 0.765. The van der Waals surface area contributed by atoms with Gasteiger partial charge in [-0.1, -0.05) is 45.4 Å². The third-order valence-corrected chi connectivity index (χ3v) is 5.93. The van der Waals surface area contributed by atoms with Crippen LogP contribution in [0.2, 0.25) is 0 Å². The van der Waals surface area contributed by atoms with Gasteiger partial charge in [-0.15, -0.1) is 0 Å². The van der Waals surface area contributed by atoms with Crippen molar-refractivity contribution >= 4 is 17.7 Å². The van der Waals surface area contributed by atoms with Crippen molar-refractivity contribution in [2.24, 2.45) is 11.8 Å². The molecule has 1 amide bonds. The highest BCUT2D eigenvalue weighted by molar-refractivity contribution is 8.00. The molecule has 1 aliphatic rings. The van der Waals surface area contributed by atoms with Crippen molar-refractivity contribution in [1.82, 2.24) is 10.3 Å². The zero-order chi connectivity index (χ0) is 16.3. The van der Waals surface area contributed by atoms with Crippen LogP contribution in [0.5, 0.6) is 0 Å². The molecule has 3 unspecified atom stereocenters. The summed E-state index contributed by atoms with van der Waals surface area (Å²) in [6.45, 7) is 10.2. The zero-order valence-corrected chi connectivity index (χ0v) is 15.1. The van der Waals surface area contributed by atoms with Gasteiger partial charge in [-0.25, -0.2) is 4.98 Å². The first-order chi connectivity index (χ1) is 10.4. The molecule has 1 fully saturated rings. The summed E-state index contributed by atoms with van der Waals surface area (Å²) in [5, 5.41) is 3.70. The second kappa shape index (κ2) is 7.53. The standard InChI is InChI=1S/C17H28N2O2S/c1-10(2)15(22-17-18-12(4)13(5)21-17)16(20)19-14-9-7-6-8-11(14)3/h10-11,14-15H,6-9H2,1-5H3,(H,19,20). The summed E-state index contributed by atoms with van der Waals surface area (Å²) in [6.07, 6.45) is 4.81. The molecule has 0 saturated heterocycles. The number of oxazole rings is 1. The Morgan fingerprint density at radius 1 is 1.32 bits per heavy atom. The lowest BCUT2D eigenvalue weighted by molar-refractivity contribution is -0.122. The van der Waals surface area contributed by atoms with Gasteiger partial charge in [0.25, 0.3) is 5.22 Å². The van der Waals surface area contributed by atoms with E-state index in [1.807, 2.05) is 13.8 Å². The molecule has 0 aromatic carbocycles. The van der Waals surface area contributed by atoms with Gasteiger partial charge in [-0.05, 0) is 38.5 Å². The highest BCUT2D eigenvalue weighted by Crippen LogP contribution is 2.30. The lowest BCUT2D eigenvalue weighted by Crippen LogP contribution is -2.46. The minimum Gasteiger partial charge on any atom is -0.437 e. The van der Waals surface area contributed by atoms with E-state index in [-0.39, 0.29) is 17.1 Å². The molecule has 0 radical (unpaired) electrons. The van der Waals surface area contributed by atoms with Gasteiger partial charge in [-0.3, -0.25) is 4.79 Å². The smallest absolute Gasteiger partial charge is 0.256 e. The van der Waals surface area contributed by atoms with E-state index >= 15 is 0 Å². The molecule has 0 spiro atoms. The lowest BCUT2D eigenvalue weighted by Gasteiger charge is -2.31. The molecule has 1 aromatic heterocycles. The summed E-state index contributed by atoms with van der Waals surface area (Å²) >= 11 is 1.44. The van der Waals surface area contributed by atoms with Crippen LogP contribution < -0.4 is 5.32 Å². The van der Waals surface area contributed by atoms with Crippen molar-refractivity contribution in [3.63, 3.8) is 0 Å². The first-order valence-electron chi connectivity index (χ1n) is 8.29. The predicted molar refractivity (Wildman–Crippen MR) is 90.0 cm³/mol. The van der Waals surface area contributed by atoms with Crippen LogP contribution in [-0.2, 0) is 4.79 Å². The number of thioether (sulfide) groups is 1. The maximum Gasteiger partial charge on any atom is 0.256 e. The topological polar surface area (TPSA) is 55.1 Å². The summed E-state index contributed by atoms with van der Waals surface area (Å²) in [7, 11) is 0. The summed E-state index contributed by atoms with van der Waals surface area (Å²) in [5.41, 5.74) is 0.895. The van der Waals surface area contributed by atoms with E-state index in [1.165, 1.54) is 31.0 Å². The second-order valence-electron chi connectivity index (χ2n) is 6.78. The van der Waals surface area contributed by atoms with E-state index in [1.54, 1.807) is 0 Å². The fourth-order valence-corrected chi connectivity index (χ4v) is 3.92. The third-order valence-electron chi connectivity index (χ3n) is 4.54. The Hall–Kier alpha value is -0.970. The molecule has 1 N–H and O–H groups in total. The number of aryl methyl sites for hydroxylation is 2. The quantitative estimate of drug-likeness (QED) is 0.828. The number of aromatic nitrogens is 1. The lowest BCUT2D eigenvalue weighted by atomic mass is 9.86. The highest BCUT2D eigenvalue weighted by atomic mass is 32.2. The molecule has 5 heteroatoms. The normalized spacial score (nSPS) is 23.5. The Morgan fingerprint density at radius 2 is 2.00 bits per heavy atom. The molecule has 1 aliphatic carbocycles. The SMILES string of the molecule is Cc1nc(SC(C(=O)NC2CCCCC2C)C(C)C)oc1C. The van der Waals surface area contributed by atoms with E-state index in [4.69, 9.17) is 4.42 Å². The second-order valence-corrected chi connectivity index (χ2v) is 7.87. The maximum atomic E-state index is 12.7. The van der Waals surface area contributed by atoms with E-state index in [2.05, 4.69) is 31.1 Å². The number of nitrogens with one attached hydrogen (secondary N) is 1. The highest BCUT2D eigenvalue weighted by Gasteiger charge is 2.30. The monoisotopic (exact) mass is 324 g/mol. The maximum absolute atomic E-state index is 12.7. The van der Waals surface area contributed by atoms with Crippen LogP contribution in [-0.4, -0.2) is 22.2 Å². The number of hydrogen-bond donors (Lipinski definition) is 1. The number of amides is 1. The molecule has 0 bridgehead atoms. The van der Waals surface area contributed by atoms with Crippen LogP contribution in [0.25, 0.3) is 0 Å². The van der Waals surface area contributed by atoms with E-state index in [9.17, 15) is 4.79 Å². The van der Waals surface area contributed by atoms with Crippen molar-refractivity contribution in [3.05, 3.63) is 11.5 Å². The van der Waals surface area contributed by atoms with Crippen LogP contribution in [0.1, 0.15) is 57.9 Å². The van der Waals surface area contributed by atoms with Crippen LogP contribution in [0, 0.1) is 25.7 Å². The van der Waals surface area contributed by atoms with Gasteiger partial charge in [0.15, 0.2) is 0 Å². The Labute approximate surface area is 137 Å². The van der Waals surface area contributed by atoms with Gasteiger partial charge in [-0.2, -0.15) is 0 Å². The summed E-state index contributed by atoms with van der Waals surface area (Å²) in [6, 6.07) is 0.316. The number of carbonyl (C=O) groups excluding carboxylic acids is 1. The molecule has 1 heterocycles. The largest absolute Gasteiger partial charge is 0.437 e. The van der Waals surface area contributed by atoms with Crippen molar-refractivity contribution in [1.29, 1.82) is 0 Å². The van der Waals surface area contributed by atoms with Crippen molar-refractivity contribution in [2.45, 2.75) is 76.8 Å². The Bertz CT molecular complexity index is 493. The van der Waals surface area contributed by atoms with Crippen LogP contribution in [0.15, 0.2) is 9.64 Å². The van der Waals surface area contributed by atoms with E-state index < -0.39 is 0 Å². The Kier molecular flexibility index (Phi) is 5.95. The van der Waals surface area contributed by atoms with Gasteiger partial charge < -0.3 is 9.73 Å². The fourth-order valence-electron chi connectivity index (χ4n) is 2.89. The predicted octanol–water partition coefficient (Wildman–Crippen LogP) is 4.10. The first kappa shape index (κ1) is 17.4. The minimum atomic E-state index is -0.161. The van der Waals surface area contributed by atoms with Crippen molar-refractivity contribution in [3.8, 4) is 0 Å². The average Bonchev–Trinajstić information content (AvgIpc) is 2.77. The third kappa shape index (κ3) is 4.28. The van der Waals surface area contributed by atoms with Gasteiger partial charge in [0, 0.05) is 6.04 Å². The van der Waals surface area contributed by atoms with Gasteiger partial charge in [0.2, 0.25) is 5.91 Å². The van der Waals surface area contributed by atoms with Gasteiger partial charge in [0.05, 0.1) is 10.9 Å². The first-order valence-corrected chi connectivity index (χ1v) is 9.17. The molecular weight excluding hydrogens is 296 g/mol. The molecule has 0 aliphatic heterocycles. The molecule has 124 valence electrons. The molecule has 2 rings (SSSR count). The van der Waals surface area contributed by atoms with Crippen LogP contribution in [0.3, 0.4) is 0 Å². The number of carbonyl (C=O) groups is 1. The molecule has 4 nitrogen and oxygen atoms in total. The van der Waals surface area contributed by atoms with Crippen molar-refractivity contribution < 1.29 is 9.21 Å². The molecule has 22 heavy (non-hydrogen) atoms. The van der Waals surface area contributed by atoms with Crippen LogP contribution in [0.4, 0.5) is 0 Å². The summed E-state index contributed by atoms with van der Waals surface area (Å²) in [5.74, 6) is 1.75. The molecule has 1 aromatic rings. The zero-order valence-electron chi connectivity index (χ0n) is 14.3. The van der Waals surface area contributed by atoms with Crippen LogP contribution >= 0.6 is 11.8 Å². The van der Waals surface area contributed by atoms with E-state index in [0.717, 1.165) is 17.9 Å². The number of rotatable bonds is 5. The molecular formula is C17H28N2O2S. The van der Waals surface area contributed by atoms with Gasteiger partial charge in [0.1, 0.15) is 5.76 Å². The number of hydrogen-bond acceptors (Lipinski definition) is 4. The number of nitrogens with zero attached hydrogens (tertiary/aromatic N) is 1. The Morgan fingerprint density at radius 3 is 2.55 bits per heavy atom. The Balaban J connectivity index is 2.01.